The number of rotatable bonds is 7. The maximum Gasteiger partial charge on any atom is 0.255 e. The van der Waals surface area contributed by atoms with Gasteiger partial charge in [0.1, 0.15) is 11.5 Å². The molecule has 0 saturated heterocycles. The lowest BCUT2D eigenvalue weighted by Gasteiger charge is -2.13. The van der Waals surface area contributed by atoms with Gasteiger partial charge in [0, 0.05) is 42.1 Å². The van der Waals surface area contributed by atoms with E-state index < -0.39 is 0 Å². The van der Waals surface area contributed by atoms with E-state index in [0.717, 1.165) is 24.8 Å². The second-order valence-corrected chi connectivity index (χ2v) is 6.48. The lowest BCUT2D eigenvalue weighted by atomic mass is 10.0. The number of carbonyl (C=O) groups excluding carboxylic acids is 2. The third kappa shape index (κ3) is 3.73. The summed E-state index contributed by atoms with van der Waals surface area (Å²) >= 11 is 0. The van der Waals surface area contributed by atoms with E-state index in [4.69, 9.17) is 10.5 Å². The molecule has 0 bridgehead atoms. The number of ketones is 1. The average Bonchev–Trinajstić information content (AvgIpc) is 3.39. The van der Waals surface area contributed by atoms with E-state index in [-0.39, 0.29) is 24.2 Å². The summed E-state index contributed by atoms with van der Waals surface area (Å²) in [5.74, 6) is 0.558. The molecule has 0 radical (unpaired) electrons. The molecule has 0 spiro atoms. The molecule has 0 unspecified atom stereocenters. The van der Waals surface area contributed by atoms with Crippen LogP contribution in [0.5, 0.6) is 5.75 Å². The molecule has 1 amide bonds. The summed E-state index contributed by atoms with van der Waals surface area (Å²) in [4.78, 5) is 28.7. The Morgan fingerprint density at radius 2 is 2.12 bits per heavy atom. The monoisotopic (exact) mass is 341 g/mol. The number of nitrogens with zero attached hydrogens (tertiary/aromatic N) is 1. The van der Waals surface area contributed by atoms with Crippen LogP contribution in [0.15, 0.2) is 18.3 Å². The highest BCUT2D eigenvalue weighted by molar-refractivity contribution is 6.07. The zero-order valence-corrected chi connectivity index (χ0v) is 14.6. The molecule has 1 heterocycles. The largest absolute Gasteiger partial charge is 0.496 e. The second kappa shape index (κ2) is 7.09. The van der Waals surface area contributed by atoms with Crippen molar-refractivity contribution < 1.29 is 14.3 Å². The van der Waals surface area contributed by atoms with E-state index in [1.165, 1.54) is 6.20 Å². The predicted octanol–water partition coefficient (Wildman–Crippen LogP) is 2.63. The van der Waals surface area contributed by atoms with Crippen molar-refractivity contribution in [1.82, 2.24) is 10.3 Å². The number of fused-ring (bicyclic) bond motifs is 1. The summed E-state index contributed by atoms with van der Waals surface area (Å²) < 4.78 is 5.40. The van der Waals surface area contributed by atoms with Crippen molar-refractivity contribution in [2.45, 2.75) is 45.1 Å². The SMILES string of the molecule is CCCC(=O)Cc1cc2c(N)c(C(=O)NC3CC3)cnc2cc1OC. The predicted molar refractivity (Wildman–Crippen MR) is 96.8 cm³/mol. The highest BCUT2D eigenvalue weighted by Crippen LogP contribution is 2.31. The Balaban J connectivity index is 2.00. The van der Waals surface area contributed by atoms with Crippen LogP contribution in [0.1, 0.15) is 48.5 Å². The second-order valence-electron chi connectivity index (χ2n) is 6.48. The molecule has 1 aliphatic rings. The van der Waals surface area contributed by atoms with Gasteiger partial charge in [-0.05, 0) is 25.3 Å². The first-order chi connectivity index (χ1) is 12.0. The van der Waals surface area contributed by atoms with Crippen LogP contribution >= 0.6 is 0 Å². The maximum absolute atomic E-state index is 12.3. The molecular weight excluding hydrogens is 318 g/mol. The van der Waals surface area contributed by atoms with E-state index in [9.17, 15) is 9.59 Å². The third-order valence-corrected chi connectivity index (χ3v) is 4.39. The summed E-state index contributed by atoms with van der Waals surface area (Å²) in [6.07, 6.45) is 5.13. The highest BCUT2D eigenvalue weighted by atomic mass is 16.5. The molecule has 0 aliphatic heterocycles. The molecule has 6 nitrogen and oxygen atoms in total. The number of nitrogens with one attached hydrogen (secondary N) is 1. The summed E-state index contributed by atoms with van der Waals surface area (Å²) in [7, 11) is 1.57. The van der Waals surface area contributed by atoms with Gasteiger partial charge in [-0.1, -0.05) is 6.92 Å². The summed E-state index contributed by atoms with van der Waals surface area (Å²) in [6.45, 7) is 1.97. The number of nitrogens with two attached hydrogens (primary N) is 1. The number of amides is 1. The molecule has 1 aromatic carbocycles. The van der Waals surface area contributed by atoms with E-state index in [1.807, 2.05) is 13.0 Å². The van der Waals surface area contributed by atoms with Gasteiger partial charge in [-0.15, -0.1) is 0 Å². The van der Waals surface area contributed by atoms with Gasteiger partial charge in [0.15, 0.2) is 0 Å². The van der Waals surface area contributed by atoms with Crippen LogP contribution in [0.2, 0.25) is 0 Å². The lowest BCUT2D eigenvalue weighted by molar-refractivity contribution is -0.118. The Morgan fingerprint density at radius 1 is 1.36 bits per heavy atom. The van der Waals surface area contributed by atoms with Crippen LogP contribution in [0.25, 0.3) is 10.9 Å². The van der Waals surface area contributed by atoms with Gasteiger partial charge in [0.05, 0.1) is 23.9 Å². The Hall–Kier alpha value is -2.63. The van der Waals surface area contributed by atoms with Crippen LogP contribution in [-0.2, 0) is 11.2 Å². The average molecular weight is 341 g/mol. The van der Waals surface area contributed by atoms with Crippen molar-refractivity contribution in [2.24, 2.45) is 0 Å². The van der Waals surface area contributed by atoms with E-state index in [2.05, 4.69) is 10.3 Å². The molecule has 1 aliphatic carbocycles. The topological polar surface area (TPSA) is 94.3 Å². The maximum atomic E-state index is 12.3. The molecule has 1 fully saturated rings. The number of nitrogen functional groups attached to an aromatic ring is 1. The number of pyridine rings is 1. The lowest BCUT2D eigenvalue weighted by Crippen LogP contribution is -2.26. The minimum atomic E-state index is -0.200. The van der Waals surface area contributed by atoms with Gasteiger partial charge in [0.25, 0.3) is 5.91 Å². The fourth-order valence-electron chi connectivity index (χ4n) is 2.86. The number of aromatic nitrogens is 1. The minimum Gasteiger partial charge on any atom is -0.496 e. The van der Waals surface area contributed by atoms with E-state index >= 15 is 0 Å². The number of ether oxygens (including phenoxy) is 1. The fourth-order valence-corrected chi connectivity index (χ4v) is 2.86. The van der Waals surface area contributed by atoms with Gasteiger partial charge in [-0.25, -0.2) is 0 Å². The Morgan fingerprint density at radius 3 is 2.76 bits per heavy atom. The van der Waals surface area contributed by atoms with Crippen molar-refractivity contribution in [3.8, 4) is 5.75 Å². The molecule has 1 aromatic heterocycles. The molecule has 132 valence electrons. The Labute approximate surface area is 146 Å². The first-order valence-electron chi connectivity index (χ1n) is 8.61. The summed E-state index contributed by atoms with van der Waals surface area (Å²) in [5.41, 5.74) is 8.40. The van der Waals surface area contributed by atoms with Gasteiger partial charge in [-0.3, -0.25) is 14.6 Å². The molecule has 3 N–H and O–H groups in total. The highest BCUT2D eigenvalue weighted by Gasteiger charge is 2.25. The van der Waals surface area contributed by atoms with Gasteiger partial charge in [-0.2, -0.15) is 0 Å². The van der Waals surface area contributed by atoms with Crippen LogP contribution in [-0.4, -0.2) is 29.8 Å². The minimum absolute atomic E-state index is 0.148. The van der Waals surface area contributed by atoms with Crippen LogP contribution in [0.3, 0.4) is 0 Å². The zero-order valence-electron chi connectivity index (χ0n) is 14.6. The number of benzene rings is 1. The number of anilines is 1. The van der Waals surface area contributed by atoms with Crippen molar-refractivity contribution in [1.29, 1.82) is 0 Å². The van der Waals surface area contributed by atoms with Gasteiger partial charge >= 0.3 is 0 Å². The van der Waals surface area contributed by atoms with Gasteiger partial charge in [0.2, 0.25) is 0 Å². The van der Waals surface area contributed by atoms with E-state index in [0.29, 0.717) is 34.3 Å². The first kappa shape index (κ1) is 17.2. The molecule has 6 heteroatoms. The van der Waals surface area contributed by atoms with Crippen LogP contribution < -0.4 is 15.8 Å². The third-order valence-electron chi connectivity index (χ3n) is 4.39. The quantitative estimate of drug-likeness (QED) is 0.807. The molecule has 2 aromatic rings. The zero-order chi connectivity index (χ0) is 18.0. The molecule has 25 heavy (non-hydrogen) atoms. The summed E-state index contributed by atoms with van der Waals surface area (Å²) in [5, 5.41) is 3.59. The standard InChI is InChI=1S/C19H23N3O3/c1-3-4-13(23)7-11-8-14-16(9-17(11)25-2)21-10-15(18(14)20)19(24)22-12-5-6-12/h8-10,12H,3-7H2,1-2H3,(H2,20,21)(H,22,24). The van der Waals surface area contributed by atoms with Crippen molar-refractivity contribution in [2.75, 3.05) is 12.8 Å². The first-order valence-corrected chi connectivity index (χ1v) is 8.61. The van der Waals surface area contributed by atoms with Crippen molar-refractivity contribution >= 4 is 28.3 Å². The number of hydrogen-bond acceptors (Lipinski definition) is 5. The Kier molecular flexibility index (Phi) is 4.88. The normalized spacial score (nSPS) is 13.7. The van der Waals surface area contributed by atoms with Crippen molar-refractivity contribution in [3.63, 3.8) is 0 Å². The van der Waals surface area contributed by atoms with Gasteiger partial charge < -0.3 is 15.8 Å². The van der Waals surface area contributed by atoms with Crippen LogP contribution in [0.4, 0.5) is 5.69 Å². The molecule has 1 saturated carbocycles. The van der Waals surface area contributed by atoms with Crippen LogP contribution in [0, 0.1) is 0 Å². The van der Waals surface area contributed by atoms with Crippen molar-refractivity contribution in [3.05, 3.63) is 29.5 Å². The molecule has 0 atom stereocenters. The number of methoxy groups -OCH3 is 1. The van der Waals surface area contributed by atoms with E-state index in [1.54, 1.807) is 13.2 Å². The smallest absolute Gasteiger partial charge is 0.255 e. The number of hydrogen-bond donors (Lipinski definition) is 2. The molecular formula is C19H23N3O3. The number of carbonyl (C=O) groups is 2. The summed E-state index contributed by atoms with van der Waals surface area (Å²) in [6, 6.07) is 3.83. The molecule has 3 rings (SSSR count). The Bertz CT molecular complexity index is 828. The number of Topliss-reactive ketones (excluding diaryl/α,β-unsaturated/α-hetero) is 1. The fraction of sp³-hybridized carbons (Fsp3) is 0.421.